The monoisotopic (exact) mass is 237 g/mol. The number of aryl methyl sites for hydroxylation is 1. The molecule has 0 spiro atoms. The normalized spacial score (nSPS) is 18.6. The van der Waals surface area contributed by atoms with E-state index in [2.05, 4.69) is 21.5 Å². The molecule has 1 N–H and O–H groups in total. The van der Waals surface area contributed by atoms with E-state index in [0.717, 1.165) is 18.1 Å². The van der Waals surface area contributed by atoms with Gasteiger partial charge in [-0.25, -0.2) is 9.97 Å². The van der Waals surface area contributed by atoms with Crippen molar-refractivity contribution in [1.29, 1.82) is 0 Å². The number of nitrogens with one attached hydrogen (secondary N) is 1. The van der Waals surface area contributed by atoms with Crippen LogP contribution in [-0.2, 0) is 0 Å². The van der Waals surface area contributed by atoms with Gasteiger partial charge in [-0.15, -0.1) is 0 Å². The number of nitrogens with zero attached hydrogens (tertiary/aromatic N) is 2. The molecule has 0 radical (unpaired) electrons. The third kappa shape index (κ3) is 2.67. The zero-order valence-corrected chi connectivity index (χ0v) is 10.8. The van der Waals surface area contributed by atoms with Crippen LogP contribution < -0.4 is 5.32 Å². The lowest BCUT2D eigenvalue weighted by Gasteiger charge is -2.26. The topological polar surface area (TPSA) is 37.8 Å². The Labute approximate surface area is 101 Å². The Hall–Kier alpha value is -0.770. The molecule has 1 aromatic heterocycles. The highest BCUT2D eigenvalue weighted by atomic mass is 32.2. The fourth-order valence-corrected chi connectivity index (χ4v) is 3.11. The van der Waals surface area contributed by atoms with Gasteiger partial charge in [0.1, 0.15) is 0 Å². The molecule has 0 saturated heterocycles. The number of rotatable bonds is 4. The second-order valence-corrected chi connectivity index (χ2v) is 5.81. The molecule has 0 aliphatic heterocycles. The highest BCUT2D eigenvalue weighted by Gasteiger charge is 2.32. The summed E-state index contributed by atoms with van der Waals surface area (Å²) in [6, 6.07) is 0. The Morgan fingerprint density at radius 2 is 1.94 bits per heavy atom. The molecule has 0 bridgehead atoms. The summed E-state index contributed by atoms with van der Waals surface area (Å²) in [5.74, 6) is 0.755. The smallest absolute Gasteiger partial charge is 0.222 e. The van der Waals surface area contributed by atoms with E-state index in [1.54, 1.807) is 0 Å². The molecule has 3 nitrogen and oxygen atoms in total. The number of thioether (sulfide) groups is 1. The van der Waals surface area contributed by atoms with Gasteiger partial charge in [-0.3, -0.25) is 0 Å². The second kappa shape index (κ2) is 5.04. The van der Waals surface area contributed by atoms with Crippen molar-refractivity contribution >= 4 is 17.7 Å². The highest BCUT2D eigenvalue weighted by Crippen LogP contribution is 2.39. The molecule has 0 aromatic carbocycles. The minimum Gasteiger partial charge on any atom is -0.353 e. The number of aromatic nitrogens is 2. The van der Waals surface area contributed by atoms with Crippen LogP contribution in [0.3, 0.4) is 0 Å². The van der Waals surface area contributed by atoms with E-state index >= 15 is 0 Å². The second-order valence-electron chi connectivity index (χ2n) is 4.53. The summed E-state index contributed by atoms with van der Waals surface area (Å²) in [7, 11) is 0. The zero-order valence-electron chi connectivity index (χ0n) is 9.99. The first-order chi connectivity index (χ1) is 7.74. The third-order valence-electron chi connectivity index (χ3n) is 3.30. The molecule has 1 fully saturated rings. The van der Waals surface area contributed by atoms with Crippen molar-refractivity contribution in [2.45, 2.75) is 37.4 Å². The van der Waals surface area contributed by atoms with Gasteiger partial charge in [0.05, 0.1) is 0 Å². The predicted molar refractivity (Wildman–Crippen MR) is 70.0 cm³/mol. The standard InChI is InChI=1S/C12H19N3S/c1-10-7-13-11(14-8-10)15-9-12(16-2)5-3-4-6-12/h7-8H,3-6,9H2,1-2H3,(H,13,14,15). The number of hydrogen-bond donors (Lipinski definition) is 1. The molecule has 88 valence electrons. The largest absolute Gasteiger partial charge is 0.353 e. The molecule has 1 saturated carbocycles. The van der Waals surface area contributed by atoms with Gasteiger partial charge in [-0.2, -0.15) is 11.8 Å². The van der Waals surface area contributed by atoms with Gasteiger partial charge in [0, 0.05) is 23.7 Å². The van der Waals surface area contributed by atoms with Crippen LogP contribution in [0.15, 0.2) is 12.4 Å². The minimum atomic E-state index is 0.411. The Morgan fingerprint density at radius 1 is 1.31 bits per heavy atom. The van der Waals surface area contributed by atoms with Gasteiger partial charge in [-0.1, -0.05) is 12.8 Å². The molecule has 16 heavy (non-hydrogen) atoms. The summed E-state index contributed by atoms with van der Waals surface area (Å²) in [6.45, 7) is 2.99. The summed E-state index contributed by atoms with van der Waals surface area (Å²) in [6.07, 6.45) is 11.3. The lowest BCUT2D eigenvalue weighted by atomic mass is 10.1. The molecular formula is C12H19N3S. The van der Waals surface area contributed by atoms with Crippen molar-refractivity contribution in [1.82, 2.24) is 9.97 Å². The fraction of sp³-hybridized carbons (Fsp3) is 0.667. The molecule has 4 heteroatoms. The van der Waals surface area contributed by atoms with Crippen LogP contribution in [0.5, 0.6) is 0 Å². The summed E-state index contributed by atoms with van der Waals surface area (Å²) in [4.78, 5) is 8.55. The Kier molecular flexibility index (Phi) is 3.69. The maximum atomic E-state index is 4.27. The fourth-order valence-electron chi connectivity index (χ4n) is 2.20. The first-order valence-electron chi connectivity index (χ1n) is 5.82. The van der Waals surface area contributed by atoms with Crippen LogP contribution in [0.1, 0.15) is 31.2 Å². The van der Waals surface area contributed by atoms with Gasteiger partial charge >= 0.3 is 0 Å². The molecule has 0 unspecified atom stereocenters. The molecule has 0 atom stereocenters. The van der Waals surface area contributed by atoms with Crippen molar-refractivity contribution in [2.24, 2.45) is 0 Å². The van der Waals surface area contributed by atoms with Crippen LogP contribution in [0, 0.1) is 6.92 Å². The Morgan fingerprint density at radius 3 is 2.50 bits per heavy atom. The van der Waals surface area contributed by atoms with Gasteiger partial charge in [0.15, 0.2) is 0 Å². The SMILES string of the molecule is CSC1(CNc2ncc(C)cn2)CCCC1. The van der Waals surface area contributed by atoms with Gasteiger partial charge in [-0.05, 0) is 31.6 Å². The van der Waals surface area contributed by atoms with E-state index in [0.29, 0.717) is 4.75 Å². The summed E-state index contributed by atoms with van der Waals surface area (Å²) < 4.78 is 0.411. The van der Waals surface area contributed by atoms with Gasteiger partial charge in [0.25, 0.3) is 0 Å². The quantitative estimate of drug-likeness (QED) is 0.874. The first-order valence-corrected chi connectivity index (χ1v) is 7.04. The lowest BCUT2D eigenvalue weighted by molar-refractivity contribution is 0.637. The van der Waals surface area contributed by atoms with Crippen LogP contribution in [0.4, 0.5) is 5.95 Å². The van der Waals surface area contributed by atoms with Crippen molar-refractivity contribution in [3.63, 3.8) is 0 Å². The zero-order chi connectivity index (χ0) is 11.4. The molecule has 2 rings (SSSR count). The first kappa shape index (κ1) is 11.7. The van der Waals surface area contributed by atoms with E-state index in [4.69, 9.17) is 0 Å². The molecule has 1 aliphatic rings. The van der Waals surface area contributed by atoms with Crippen LogP contribution in [-0.4, -0.2) is 27.5 Å². The van der Waals surface area contributed by atoms with Crippen LogP contribution in [0.2, 0.25) is 0 Å². The molecule has 1 heterocycles. The van der Waals surface area contributed by atoms with Gasteiger partial charge < -0.3 is 5.32 Å². The summed E-state index contributed by atoms with van der Waals surface area (Å²) in [5.41, 5.74) is 1.10. The lowest BCUT2D eigenvalue weighted by Crippen LogP contribution is -2.30. The number of anilines is 1. The average Bonchev–Trinajstić information content (AvgIpc) is 2.78. The van der Waals surface area contributed by atoms with E-state index in [1.165, 1.54) is 25.7 Å². The predicted octanol–water partition coefficient (Wildman–Crippen LogP) is 2.87. The molecule has 1 aromatic rings. The summed E-state index contributed by atoms with van der Waals surface area (Å²) in [5, 5.41) is 3.36. The molecular weight excluding hydrogens is 218 g/mol. The minimum absolute atomic E-state index is 0.411. The Bertz CT molecular complexity index is 331. The summed E-state index contributed by atoms with van der Waals surface area (Å²) >= 11 is 1.98. The van der Waals surface area contributed by atoms with Crippen molar-refractivity contribution < 1.29 is 0 Å². The van der Waals surface area contributed by atoms with Crippen molar-refractivity contribution in [2.75, 3.05) is 18.1 Å². The van der Waals surface area contributed by atoms with E-state index in [-0.39, 0.29) is 0 Å². The van der Waals surface area contributed by atoms with E-state index in [1.807, 2.05) is 31.1 Å². The molecule has 0 amide bonds. The Balaban J connectivity index is 1.93. The van der Waals surface area contributed by atoms with Crippen LogP contribution >= 0.6 is 11.8 Å². The van der Waals surface area contributed by atoms with Crippen molar-refractivity contribution in [3.05, 3.63) is 18.0 Å². The molecule has 1 aliphatic carbocycles. The van der Waals surface area contributed by atoms with Gasteiger partial charge in [0.2, 0.25) is 5.95 Å². The van der Waals surface area contributed by atoms with Crippen LogP contribution in [0.25, 0.3) is 0 Å². The van der Waals surface area contributed by atoms with E-state index < -0.39 is 0 Å². The average molecular weight is 237 g/mol. The maximum absolute atomic E-state index is 4.27. The van der Waals surface area contributed by atoms with Crippen molar-refractivity contribution in [3.8, 4) is 0 Å². The third-order valence-corrected chi connectivity index (χ3v) is 4.72. The highest BCUT2D eigenvalue weighted by molar-refractivity contribution is 8.00. The maximum Gasteiger partial charge on any atom is 0.222 e. The number of hydrogen-bond acceptors (Lipinski definition) is 4. The van der Waals surface area contributed by atoms with E-state index in [9.17, 15) is 0 Å².